The van der Waals surface area contributed by atoms with Crippen LogP contribution in [-0.2, 0) is 0 Å². The third kappa shape index (κ3) is 3.96. The Morgan fingerprint density at radius 1 is 0.880 bits per heavy atom. The highest BCUT2D eigenvalue weighted by atomic mass is 16.5. The SMILES string of the molecule is COc1cc(O)c(C(=O)C#Cc2ccc(OC)c(OC)c2)c(OC)c1. The second kappa shape index (κ2) is 7.97. The Morgan fingerprint density at radius 2 is 1.56 bits per heavy atom. The number of aromatic hydroxyl groups is 1. The molecule has 2 aromatic carbocycles. The number of Topliss-reactive ketones (excluding diaryl/α,β-unsaturated/α-hetero) is 1. The Hall–Kier alpha value is -3.33. The van der Waals surface area contributed by atoms with Crippen LogP contribution in [0.3, 0.4) is 0 Å². The molecule has 0 aliphatic rings. The molecule has 2 rings (SSSR count). The zero-order valence-electron chi connectivity index (χ0n) is 14.4. The largest absolute Gasteiger partial charge is 0.507 e. The maximum atomic E-state index is 12.4. The van der Waals surface area contributed by atoms with Crippen molar-refractivity contribution in [2.45, 2.75) is 0 Å². The number of phenols is 1. The van der Waals surface area contributed by atoms with Gasteiger partial charge < -0.3 is 24.1 Å². The molecular formula is C19H18O6. The molecule has 0 saturated heterocycles. The summed E-state index contributed by atoms with van der Waals surface area (Å²) in [6, 6.07) is 7.88. The summed E-state index contributed by atoms with van der Waals surface area (Å²) >= 11 is 0. The first-order valence-electron chi connectivity index (χ1n) is 7.27. The molecule has 0 amide bonds. The zero-order valence-corrected chi connectivity index (χ0v) is 14.4. The van der Waals surface area contributed by atoms with Crippen molar-refractivity contribution in [3.63, 3.8) is 0 Å². The number of hydrogen-bond acceptors (Lipinski definition) is 6. The number of carbonyl (C=O) groups is 1. The van der Waals surface area contributed by atoms with E-state index < -0.39 is 5.78 Å². The maximum Gasteiger partial charge on any atom is 0.243 e. The monoisotopic (exact) mass is 342 g/mol. The van der Waals surface area contributed by atoms with E-state index in [1.807, 2.05) is 0 Å². The summed E-state index contributed by atoms with van der Waals surface area (Å²) in [5.41, 5.74) is 0.550. The zero-order chi connectivity index (χ0) is 18.4. The Bertz CT molecular complexity index is 845. The van der Waals surface area contributed by atoms with Gasteiger partial charge in [0.1, 0.15) is 22.8 Å². The molecule has 130 valence electrons. The highest BCUT2D eigenvalue weighted by Gasteiger charge is 2.17. The van der Waals surface area contributed by atoms with Crippen LogP contribution in [0.2, 0.25) is 0 Å². The van der Waals surface area contributed by atoms with E-state index in [2.05, 4.69) is 11.8 Å². The fraction of sp³-hybridized carbons (Fsp3) is 0.211. The van der Waals surface area contributed by atoms with E-state index in [0.29, 0.717) is 22.8 Å². The van der Waals surface area contributed by atoms with Gasteiger partial charge in [0.05, 0.1) is 28.4 Å². The van der Waals surface area contributed by atoms with Gasteiger partial charge in [-0.2, -0.15) is 0 Å². The van der Waals surface area contributed by atoms with E-state index in [1.54, 1.807) is 18.2 Å². The molecule has 0 aliphatic heterocycles. The van der Waals surface area contributed by atoms with Gasteiger partial charge >= 0.3 is 0 Å². The minimum atomic E-state index is -0.577. The maximum absolute atomic E-state index is 12.4. The lowest BCUT2D eigenvalue weighted by molar-refractivity contribution is 0.105. The number of methoxy groups -OCH3 is 4. The smallest absolute Gasteiger partial charge is 0.243 e. The molecule has 0 bridgehead atoms. The summed E-state index contributed by atoms with van der Waals surface area (Å²) in [7, 11) is 5.89. The van der Waals surface area contributed by atoms with E-state index in [-0.39, 0.29) is 17.1 Å². The topological polar surface area (TPSA) is 74.2 Å². The molecule has 0 aliphatic carbocycles. The van der Waals surface area contributed by atoms with Gasteiger partial charge in [-0.1, -0.05) is 5.92 Å². The Morgan fingerprint density at radius 3 is 2.16 bits per heavy atom. The van der Waals surface area contributed by atoms with Crippen molar-refractivity contribution < 1.29 is 28.8 Å². The van der Waals surface area contributed by atoms with Crippen LogP contribution in [0.15, 0.2) is 30.3 Å². The lowest BCUT2D eigenvalue weighted by Gasteiger charge is -2.09. The number of phenolic OH excluding ortho intramolecular Hbond substituents is 1. The molecule has 0 fully saturated rings. The van der Waals surface area contributed by atoms with Crippen LogP contribution in [0.5, 0.6) is 28.7 Å². The number of ketones is 1. The van der Waals surface area contributed by atoms with Crippen molar-refractivity contribution in [1.29, 1.82) is 0 Å². The number of carbonyl (C=O) groups excluding carboxylic acids is 1. The average Bonchev–Trinajstić information content (AvgIpc) is 2.64. The second-order valence-corrected chi connectivity index (χ2v) is 4.87. The third-order valence-corrected chi connectivity index (χ3v) is 3.44. The van der Waals surface area contributed by atoms with Crippen molar-refractivity contribution in [1.82, 2.24) is 0 Å². The Labute approximate surface area is 145 Å². The van der Waals surface area contributed by atoms with E-state index in [9.17, 15) is 9.90 Å². The number of hydrogen-bond donors (Lipinski definition) is 1. The van der Waals surface area contributed by atoms with Gasteiger partial charge in [-0.3, -0.25) is 4.79 Å². The fourth-order valence-electron chi connectivity index (χ4n) is 2.19. The molecule has 2 aromatic rings. The lowest BCUT2D eigenvalue weighted by atomic mass is 10.1. The van der Waals surface area contributed by atoms with Crippen LogP contribution in [0, 0.1) is 11.8 Å². The van der Waals surface area contributed by atoms with Crippen molar-refractivity contribution in [2.24, 2.45) is 0 Å². The molecular weight excluding hydrogens is 324 g/mol. The van der Waals surface area contributed by atoms with Gasteiger partial charge in [0.2, 0.25) is 5.78 Å². The van der Waals surface area contributed by atoms with Crippen molar-refractivity contribution >= 4 is 5.78 Å². The van der Waals surface area contributed by atoms with E-state index in [4.69, 9.17) is 18.9 Å². The first-order valence-corrected chi connectivity index (χ1v) is 7.27. The van der Waals surface area contributed by atoms with Crippen LogP contribution in [0.4, 0.5) is 0 Å². The summed E-state index contributed by atoms with van der Waals surface area (Å²) < 4.78 is 20.5. The molecule has 1 N–H and O–H groups in total. The lowest BCUT2D eigenvalue weighted by Crippen LogP contribution is -2.01. The van der Waals surface area contributed by atoms with Crippen molar-refractivity contribution in [3.05, 3.63) is 41.5 Å². The quantitative estimate of drug-likeness (QED) is 0.665. The van der Waals surface area contributed by atoms with Crippen molar-refractivity contribution in [2.75, 3.05) is 28.4 Å². The first kappa shape index (κ1) is 18.0. The Kier molecular flexibility index (Phi) is 5.75. The normalized spacial score (nSPS) is 9.60. The summed E-state index contributed by atoms with van der Waals surface area (Å²) in [6.07, 6.45) is 0. The molecule has 0 radical (unpaired) electrons. The van der Waals surface area contributed by atoms with E-state index >= 15 is 0 Å². The number of rotatable bonds is 5. The summed E-state index contributed by atoms with van der Waals surface area (Å²) in [5, 5.41) is 10.1. The van der Waals surface area contributed by atoms with Gasteiger partial charge in [0, 0.05) is 17.7 Å². The fourth-order valence-corrected chi connectivity index (χ4v) is 2.19. The van der Waals surface area contributed by atoms with Crippen LogP contribution < -0.4 is 18.9 Å². The standard InChI is InChI=1S/C19H18O6/c1-22-13-10-15(21)19(18(11-13)25-4)14(20)7-5-12-6-8-16(23-2)17(9-12)24-3/h6,8-11,21H,1-4H3. The number of benzene rings is 2. The van der Waals surface area contributed by atoms with E-state index in [0.717, 1.165) is 0 Å². The molecule has 6 nitrogen and oxygen atoms in total. The second-order valence-electron chi connectivity index (χ2n) is 4.87. The van der Waals surface area contributed by atoms with E-state index in [1.165, 1.54) is 40.6 Å². The van der Waals surface area contributed by atoms with Crippen LogP contribution in [0.1, 0.15) is 15.9 Å². The summed E-state index contributed by atoms with van der Waals surface area (Å²) in [6.45, 7) is 0. The van der Waals surface area contributed by atoms with Gasteiger partial charge in [0.15, 0.2) is 11.5 Å². The minimum Gasteiger partial charge on any atom is -0.507 e. The third-order valence-electron chi connectivity index (χ3n) is 3.44. The van der Waals surface area contributed by atoms with Gasteiger partial charge in [-0.25, -0.2) is 0 Å². The molecule has 0 unspecified atom stereocenters. The molecule has 6 heteroatoms. The van der Waals surface area contributed by atoms with Gasteiger partial charge in [-0.05, 0) is 24.1 Å². The average molecular weight is 342 g/mol. The molecule has 25 heavy (non-hydrogen) atoms. The minimum absolute atomic E-state index is 0.0173. The van der Waals surface area contributed by atoms with Gasteiger partial charge in [0.25, 0.3) is 0 Å². The summed E-state index contributed by atoms with van der Waals surface area (Å²) in [5.74, 6) is 6.02. The predicted octanol–water partition coefficient (Wildman–Crippen LogP) is 2.66. The van der Waals surface area contributed by atoms with Crippen LogP contribution in [0.25, 0.3) is 0 Å². The molecule has 0 aromatic heterocycles. The molecule has 0 spiro atoms. The summed E-state index contributed by atoms with van der Waals surface area (Å²) in [4.78, 5) is 12.4. The predicted molar refractivity (Wildman–Crippen MR) is 92.0 cm³/mol. The molecule has 0 atom stereocenters. The van der Waals surface area contributed by atoms with Gasteiger partial charge in [-0.15, -0.1) is 0 Å². The first-order chi connectivity index (χ1) is 12.0. The number of ether oxygens (including phenoxy) is 4. The van der Waals surface area contributed by atoms with Crippen LogP contribution >= 0.6 is 0 Å². The highest BCUT2D eigenvalue weighted by molar-refractivity contribution is 6.13. The molecule has 0 heterocycles. The molecule has 0 saturated carbocycles. The highest BCUT2D eigenvalue weighted by Crippen LogP contribution is 2.33. The van der Waals surface area contributed by atoms with Crippen LogP contribution in [-0.4, -0.2) is 39.3 Å². The van der Waals surface area contributed by atoms with Crippen molar-refractivity contribution in [3.8, 4) is 40.6 Å². The Balaban J connectivity index is 2.37.